The number of hydrogen-bond donors (Lipinski definition) is 2. The van der Waals surface area contributed by atoms with E-state index in [-0.39, 0.29) is 23.1 Å². The Labute approximate surface area is 190 Å². The minimum absolute atomic E-state index is 0.0683. The van der Waals surface area contributed by atoms with Gasteiger partial charge >= 0.3 is 6.09 Å². The van der Waals surface area contributed by atoms with E-state index in [0.717, 1.165) is 6.42 Å². The first-order valence-corrected chi connectivity index (χ1v) is 10.6. The molecule has 3 aromatic rings. The number of aryl methyl sites for hydroxylation is 1. The maximum atomic E-state index is 14.2. The lowest BCUT2D eigenvalue weighted by Gasteiger charge is -2.22. The average molecular weight is 455 g/mol. The molecule has 1 fully saturated rings. The van der Waals surface area contributed by atoms with Crippen LogP contribution in [0.15, 0.2) is 30.9 Å². The van der Waals surface area contributed by atoms with E-state index in [9.17, 15) is 14.0 Å². The number of pyridine rings is 1. The number of hydrogen-bond acceptors (Lipinski definition) is 7. The number of rotatable bonds is 4. The molecule has 33 heavy (non-hydrogen) atoms. The van der Waals surface area contributed by atoms with E-state index in [1.165, 1.54) is 22.9 Å². The highest BCUT2D eigenvalue weighted by Crippen LogP contribution is 2.19. The third kappa shape index (κ3) is 5.36. The van der Waals surface area contributed by atoms with Gasteiger partial charge in [-0.25, -0.2) is 24.1 Å². The van der Waals surface area contributed by atoms with Crippen LogP contribution in [0.3, 0.4) is 0 Å². The van der Waals surface area contributed by atoms with Crippen molar-refractivity contribution in [1.29, 1.82) is 0 Å². The Hall–Kier alpha value is -3.76. The zero-order chi connectivity index (χ0) is 23.8. The molecule has 1 atom stereocenters. The highest BCUT2D eigenvalue weighted by atomic mass is 19.1. The Kier molecular flexibility index (Phi) is 5.88. The molecule has 2 amide bonds. The van der Waals surface area contributed by atoms with Crippen molar-refractivity contribution in [2.75, 3.05) is 23.3 Å². The second-order valence-corrected chi connectivity index (χ2v) is 8.98. The van der Waals surface area contributed by atoms with Crippen LogP contribution in [-0.4, -0.2) is 56.1 Å². The van der Waals surface area contributed by atoms with E-state index in [2.05, 4.69) is 25.6 Å². The van der Waals surface area contributed by atoms with Crippen LogP contribution in [0.5, 0.6) is 0 Å². The standard InChI is InChI=1S/C22H26FN7O3/c1-13-10-30-12-15(7-16(23)19(30)26-13)27-20(31)17-8-25-18(9-24-17)29-6-5-14(11-29)28-21(32)33-22(2,3)4/h7-10,12,14H,5-6,11H2,1-4H3,(H,27,31)(H,28,32)/t14-/m1/s1. The van der Waals surface area contributed by atoms with Crippen LogP contribution >= 0.6 is 0 Å². The lowest BCUT2D eigenvalue weighted by Crippen LogP contribution is -2.40. The number of fused-ring (bicyclic) bond motifs is 1. The lowest BCUT2D eigenvalue weighted by molar-refractivity contribution is 0.0509. The van der Waals surface area contributed by atoms with Gasteiger partial charge in [-0.2, -0.15) is 0 Å². The van der Waals surface area contributed by atoms with Crippen LogP contribution in [0.25, 0.3) is 5.65 Å². The SMILES string of the molecule is Cc1cn2cc(NC(=O)c3cnc(N4CC[C@@H](NC(=O)OC(C)(C)C)C4)cn3)cc(F)c2n1. The molecule has 0 bridgehead atoms. The van der Waals surface area contributed by atoms with Gasteiger partial charge in [-0.15, -0.1) is 0 Å². The van der Waals surface area contributed by atoms with Gasteiger partial charge in [0.05, 0.1) is 29.8 Å². The molecule has 2 N–H and O–H groups in total. The average Bonchev–Trinajstić information content (AvgIpc) is 3.33. The van der Waals surface area contributed by atoms with Gasteiger partial charge in [-0.1, -0.05) is 0 Å². The van der Waals surface area contributed by atoms with Crippen LogP contribution in [0.4, 0.5) is 20.7 Å². The van der Waals surface area contributed by atoms with Gasteiger partial charge in [-0.3, -0.25) is 4.79 Å². The van der Waals surface area contributed by atoms with Crippen molar-refractivity contribution in [2.24, 2.45) is 0 Å². The predicted molar refractivity (Wildman–Crippen MR) is 120 cm³/mol. The molecule has 174 valence electrons. The largest absolute Gasteiger partial charge is 0.444 e. The highest BCUT2D eigenvalue weighted by Gasteiger charge is 2.27. The third-order valence-corrected chi connectivity index (χ3v) is 4.99. The summed E-state index contributed by atoms with van der Waals surface area (Å²) in [5.74, 6) is -0.442. The zero-order valence-corrected chi connectivity index (χ0v) is 18.9. The smallest absolute Gasteiger partial charge is 0.407 e. The molecule has 1 aliphatic heterocycles. The summed E-state index contributed by atoms with van der Waals surface area (Å²) in [7, 11) is 0. The summed E-state index contributed by atoms with van der Waals surface area (Å²) >= 11 is 0. The van der Waals surface area contributed by atoms with E-state index in [0.29, 0.717) is 24.6 Å². The van der Waals surface area contributed by atoms with Crippen LogP contribution < -0.4 is 15.5 Å². The van der Waals surface area contributed by atoms with Crippen molar-refractivity contribution in [1.82, 2.24) is 24.7 Å². The summed E-state index contributed by atoms with van der Waals surface area (Å²) < 4.78 is 21.0. The molecule has 0 unspecified atom stereocenters. The van der Waals surface area contributed by atoms with Gasteiger partial charge < -0.3 is 24.7 Å². The molecule has 0 aliphatic carbocycles. The van der Waals surface area contributed by atoms with Gasteiger partial charge in [0.2, 0.25) is 0 Å². The summed E-state index contributed by atoms with van der Waals surface area (Å²) in [6.45, 7) is 8.45. The van der Waals surface area contributed by atoms with Gasteiger partial charge in [0.25, 0.3) is 5.91 Å². The van der Waals surface area contributed by atoms with E-state index in [1.807, 2.05) is 25.7 Å². The molecular weight excluding hydrogens is 429 g/mol. The molecule has 10 nitrogen and oxygen atoms in total. The second kappa shape index (κ2) is 8.64. The van der Waals surface area contributed by atoms with Gasteiger partial charge in [0, 0.05) is 31.5 Å². The Morgan fingerprint density at radius 3 is 2.70 bits per heavy atom. The fraction of sp³-hybridized carbons (Fsp3) is 0.409. The fourth-order valence-corrected chi connectivity index (χ4v) is 3.61. The van der Waals surface area contributed by atoms with E-state index in [4.69, 9.17) is 4.74 Å². The maximum absolute atomic E-state index is 14.2. The molecule has 0 aromatic carbocycles. The molecule has 1 aliphatic rings. The first-order valence-electron chi connectivity index (χ1n) is 10.6. The number of nitrogens with one attached hydrogen (secondary N) is 2. The monoisotopic (exact) mass is 455 g/mol. The van der Waals surface area contributed by atoms with Crippen LogP contribution in [0.1, 0.15) is 43.4 Å². The number of carbonyl (C=O) groups is 2. The van der Waals surface area contributed by atoms with Crippen molar-refractivity contribution in [2.45, 2.75) is 45.8 Å². The number of halogens is 1. The first-order chi connectivity index (χ1) is 15.6. The molecule has 1 saturated heterocycles. The number of amides is 2. The molecule has 11 heteroatoms. The van der Waals surface area contributed by atoms with Crippen molar-refractivity contribution in [3.63, 3.8) is 0 Å². The molecule has 0 radical (unpaired) electrons. The van der Waals surface area contributed by atoms with E-state index in [1.54, 1.807) is 19.3 Å². The minimum Gasteiger partial charge on any atom is -0.444 e. The number of anilines is 2. The number of alkyl carbamates (subject to hydrolysis) is 1. The van der Waals surface area contributed by atoms with Crippen molar-refractivity contribution in [3.05, 3.63) is 48.1 Å². The summed E-state index contributed by atoms with van der Waals surface area (Å²) in [6, 6.07) is 1.14. The van der Waals surface area contributed by atoms with Crippen LogP contribution in [0.2, 0.25) is 0 Å². The summed E-state index contributed by atoms with van der Waals surface area (Å²) in [4.78, 5) is 39.1. The number of carbonyl (C=O) groups excluding carboxylic acids is 2. The highest BCUT2D eigenvalue weighted by molar-refractivity contribution is 6.02. The molecule has 4 rings (SSSR count). The predicted octanol–water partition coefficient (Wildman–Crippen LogP) is 2.93. The third-order valence-electron chi connectivity index (χ3n) is 4.99. The Balaban J connectivity index is 1.36. The van der Waals surface area contributed by atoms with Crippen LogP contribution in [0, 0.1) is 12.7 Å². The fourth-order valence-electron chi connectivity index (χ4n) is 3.61. The second-order valence-electron chi connectivity index (χ2n) is 8.98. The molecule has 0 spiro atoms. The Morgan fingerprint density at radius 2 is 2.00 bits per heavy atom. The summed E-state index contributed by atoms with van der Waals surface area (Å²) in [5, 5.41) is 5.49. The van der Waals surface area contributed by atoms with E-state index >= 15 is 0 Å². The van der Waals surface area contributed by atoms with Gasteiger partial charge in [-0.05, 0) is 34.1 Å². The van der Waals surface area contributed by atoms with Crippen molar-refractivity contribution in [3.8, 4) is 0 Å². The van der Waals surface area contributed by atoms with Crippen molar-refractivity contribution < 1.29 is 18.7 Å². The Bertz CT molecular complexity index is 1190. The normalized spacial score (nSPS) is 16.2. The van der Waals surface area contributed by atoms with Crippen molar-refractivity contribution >= 4 is 29.2 Å². The maximum Gasteiger partial charge on any atom is 0.407 e. The molecule has 4 heterocycles. The summed E-state index contributed by atoms with van der Waals surface area (Å²) in [5.41, 5.74) is 0.691. The topological polar surface area (TPSA) is 114 Å². The molecule has 0 saturated carbocycles. The molecule has 3 aromatic heterocycles. The summed E-state index contributed by atoms with van der Waals surface area (Å²) in [6.07, 6.45) is 6.42. The number of imidazole rings is 1. The van der Waals surface area contributed by atoms with Crippen LogP contribution in [-0.2, 0) is 4.74 Å². The quantitative estimate of drug-likeness (QED) is 0.622. The zero-order valence-electron chi connectivity index (χ0n) is 18.9. The number of nitrogens with zero attached hydrogens (tertiary/aromatic N) is 5. The minimum atomic E-state index is -0.556. The molecular formula is C22H26FN7O3. The lowest BCUT2D eigenvalue weighted by atomic mass is 10.2. The first kappa shape index (κ1) is 22.4. The van der Waals surface area contributed by atoms with Gasteiger partial charge in [0.1, 0.15) is 17.1 Å². The number of aromatic nitrogens is 4. The van der Waals surface area contributed by atoms with E-state index < -0.39 is 23.4 Å². The van der Waals surface area contributed by atoms with Gasteiger partial charge in [0.15, 0.2) is 11.5 Å². The number of ether oxygens (including phenoxy) is 1. The Morgan fingerprint density at radius 1 is 1.21 bits per heavy atom.